The van der Waals surface area contributed by atoms with Crippen molar-refractivity contribution in [3.63, 3.8) is 0 Å². The molecule has 2 aromatic rings. The Labute approximate surface area is 99.9 Å². The Morgan fingerprint density at radius 3 is 2.62 bits per heavy atom. The summed E-state index contributed by atoms with van der Waals surface area (Å²) in [6.07, 6.45) is 1.10. The van der Waals surface area contributed by atoms with E-state index in [1.54, 1.807) is 11.3 Å². The third kappa shape index (κ3) is 1.89. The van der Waals surface area contributed by atoms with E-state index in [0.717, 1.165) is 29.4 Å². The maximum absolute atomic E-state index is 4.50. The third-order valence-electron chi connectivity index (χ3n) is 2.68. The minimum Gasteiger partial charge on any atom is -0.369 e. The van der Waals surface area contributed by atoms with Crippen molar-refractivity contribution < 1.29 is 0 Å². The lowest BCUT2D eigenvalue weighted by Crippen LogP contribution is -2.04. The van der Waals surface area contributed by atoms with E-state index in [2.05, 4.69) is 36.1 Å². The van der Waals surface area contributed by atoms with Gasteiger partial charge in [-0.2, -0.15) is 0 Å². The quantitative estimate of drug-likeness (QED) is 0.885. The maximum Gasteiger partial charge on any atom is 0.138 e. The molecule has 0 amide bonds. The molecule has 2 aromatic heterocycles. The zero-order valence-electron chi connectivity index (χ0n) is 10.2. The Morgan fingerprint density at radius 1 is 1.19 bits per heavy atom. The van der Waals surface area contributed by atoms with Gasteiger partial charge in [-0.15, -0.1) is 11.3 Å². The summed E-state index contributed by atoms with van der Waals surface area (Å²) >= 11 is 1.75. The Morgan fingerprint density at radius 2 is 1.94 bits per heavy atom. The first-order valence-electron chi connectivity index (χ1n) is 5.61. The molecule has 0 spiro atoms. The van der Waals surface area contributed by atoms with Crippen LogP contribution in [0.1, 0.15) is 29.6 Å². The first kappa shape index (κ1) is 11.3. The van der Waals surface area contributed by atoms with Crippen molar-refractivity contribution in [2.45, 2.75) is 34.1 Å². The summed E-state index contributed by atoms with van der Waals surface area (Å²) in [5.41, 5.74) is 1.30. The second-order valence-corrected chi connectivity index (χ2v) is 5.21. The van der Waals surface area contributed by atoms with E-state index in [-0.39, 0.29) is 0 Å². The molecule has 0 radical (unpaired) electrons. The van der Waals surface area contributed by atoms with Crippen LogP contribution < -0.4 is 5.32 Å². The van der Waals surface area contributed by atoms with Crippen LogP contribution in [0.25, 0.3) is 10.2 Å². The number of anilines is 1. The van der Waals surface area contributed by atoms with E-state index in [4.69, 9.17) is 0 Å². The first-order chi connectivity index (χ1) is 7.63. The number of hydrogen-bond acceptors (Lipinski definition) is 4. The highest BCUT2D eigenvalue weighted by molar-refractivity contribution is 7.18. The van der Waals surface area contributed by atoms with Gasteiger partial charge in [-0.1, -0.05) is 6.92 Å². The minimum absolute atomic E-state index is 0.840. The number of hydrogen-bond donors (Lipinski definition) is 1. The largest absolute Gasteiger partial charge is 0.369 e. The molecule has 86 valence electrons. The average Bonchev–Trinajstić information content (AvgIpc) is 2.51. The molecule has 0 bridgehead atoms. The second kappa shape index (κ2) is 4.37. The molecule has 0 saturated heterocycles. The summed E-state index contributed by atoms with van der Waals surface area (Å²) in [6, 6.07) is 0. The van der Waals surface area contributed by atoms with E-state index >= 15 is 0 Å². The molecule has 0 unspecified atom stereocenters. The van der Waals surface area contributed by atoms with E-state index in [9.17, 15) is 0 Å². The summed E-state index contributed by atoms with van der Waals surface area (Å²) in [7, 11) is 0. The fourth-order valence-electron chi connectivity index (χ4n) is 1.73. The summed E-state index contributed by atoms with van der Waals surface area (Å²) in [5.74, 6) is 1.83. The van der Waals surface area contributed by atoms with Gasteiger partial charge < -0.3 is 5.32 Å². The van der Waals surface area contributed by atoms with Crippen LogP contribution in [0.2, 0.25) is 0 Å². The second-order valence-electron chi connectivity index (χ2n) is 4.01. The molecule has 1 N–H and O–H groups in total. The van der Waals surface area contributed by atoms with Crippen LogP contribution in [-0.4, -0.2) is 16.5 Å². The molecule has 0 saturated carbocycles. The summed E-state index contributed by atoms with van der Waals surface area (Å²) in [6.45, 7) is 9.34. The normalized spacial score (nSPS) is 11.0. The Kier molecular flexibility index (Phi) is 3.10. The van der Waals surface area contributed by atoms with Crippen molar-refractivity contribution in [1.29, 1.82) is 0 Å². The standard InChI is InChI=1S/C12H17N3S/c1-5-6-13-11-10-7(2)8(3)16-12(10)15-9(4)14-11/h5-6H2,1-4H3,(H,13,14,15). The predicted octanol–water partition coefficient (Wildman–Crippen LogP) is 3.44. The molecular weight excluding hydrogens is 218 g/mol. The summed E-state index contributed by atoms with van der Waals surface area (Å²) in [5, 5.41) is 4.58. The fourth-order valence-corrected chi connectivity index (χ4v) is 2.80. The first-order valence-corrected chi connectivity index (χ1v) is 6.43. The van der Waals surface area contributed by atoms with Gasteiger partial charge in [0.2, 0.25) is 0 Å². The number of rotatable bonds is 3. The molecule has 0 aromatic carbocycles. The molecule has 16 heavy (non-hydrogen) atoms. The lowest BCUT2D eigenvalue weighted by atomic mass is 10.2. The molecule has 3 nitrogen and oxygen atoms in total. The lowest BCUT2D eigenvalue weighted by Gasteiger charge is -2.06. The van der Waals surface area contributed by atoms with Crippen LogP contribution in [0.15, 0.2) is 0 Å². The van der Waals surface area contributed by atoms with Crippen LogP contribution in [-0.2, 0) is 0 Å². The highest BCUT2D eigenvalue weighted by Crippen LogP contribution is 2.32. The number of aromatic nitrogens is 2. The van der Waals surface area contributed by atoms with E-state index in [1.165, 1.54) is 15.8 Å². The van der Waals surface area contributed by atoms with Gasteiger partial charge in [-0.05, 0) is 32.8 Å². The monoisotopic (exact) mass is 235 g/mol. The van der Waals surface area contributed by atoms with Crippen LogP contribution in [0.3, 0.4) is 0 Å². The smallest absolute Gasteiger partial charge is 0.138 e. The molecule has 0 fully saturated rings. The van der Waals surface area contributed by atoms with Crippen molar-refractivity contribution in [2.75, 3.05) is 11.9 Å². The Balaban J connectivity index is 2.60. The Hall–Kier alpha value is -1.16. The lowest BCUT2D eigenvalue weighted by molar-refractivity contribution is 0.963. The van der Waals surface area contributed by atoms with Crippen molar-refractivity contribution in [2.24, 2.45) is 0 Å². The van der Waals surface area contributed by atoms with E-state index in [1.807, 2.05) is 6.92 Å². The van der Waals surface area contributed by atoms with E-state index in [0.29, 0.717) is 0 Å². The fraction of sp³-hybridized carbons (Fsp3) is 0.500. The number of nitrogens with zero attached hydrogens (tertiary/aromatic N) is 2. The number of aryl methyl sites for hydroxylation is 3. The molecular formula is C12H17N3S. The predicted molar refractivity (Wildman–Crippen MR) is 70.4 cm³/mol. The van der Waals surface area contributed by atoms with Gasteiger partial charge in [0.05, 0.1) is 5.39 Å². The zero-order valence-corrected chi connectivity index (χ0v) is 11.0. The SMILES string of the molecule is CCCNc1nc(C)nc2sc(C)c(C)c12. The third-order valence-corrected chi connectivity index (χ3v) is 3.78. The van der Waals surface area contributed by atoms with Crippen LogP contribution >= 0.6 is 11.3 Å². The van der Waals surface area contributed by atoms with Gasteiger partial charge in [0.15, 0.2) is 0 Å². The zero-order chi connectivity index (χ0) is 11.7. The highest BCUT2D eigenvalue weighted by Gasteiger charge is 2.12. The van der Waals surface area contributed by atoms with Crippen LogP contribution in [0.5, 0.6) is 0 Å². The number of fused-ring (bicyclic) bond motifs is 1. The topological polar surface area (TPSA) is 37.8 Å². The molecule has 0 aliphatic rings. The van der Waals surface area contributed by atoms with Gasteiger partial charge in [0.25, 0.3) is 0 Å². The van der Waals surface area contributed by atoms with E-state index < -0.39 is 0 Å². The van der Waals surface area contributed by atoms with Crippen LogP contribution in [0, 0.1) is 20.8 Å². The number of nitrogens with one attached hydrogen (secondary N) is 1. The van der Waals surface area contributed by atoms with Gasteiger partial charge >= 0.3 is 0 Å². The van der Waals surface area contributed by atoms with Crippen LogP contribution in [0.4, 0.5) is 5.82 Å². The van der Waals surface area contributed by atoms with Gasteiger partial charge in [0, 0.05) is 11.4 Å². The number of thiophene rings is 1. The molecule has 0 atom stereocenters. The molecule has 2 rings (SSSR count). The highest BCUT2D eigenvalue weighted by atomic mass is 32.1. The summed E-state index contributed by atoms with van der Waals surface area (Å²) in [4.78, 5) is 11.4. The maximum atomic E-state index is 4.50. The molecule has 0 aliphatic heterocycles. The minimum atomic E-state index is 0.840. The molecule has 4 heteroatoms. The molecule has 2 heterocycles. The van der Waals surface area contributed by atoms with Gasteiger partial charge in [-0.3, -0.25) is 0 Å². The van der Waals surface area contributed by atoms with Crippen molar-refractivity contribution in [3.05, 3.63) is 16.3 Å². The van der Waals surface area contributed by atoms with Gasteiger partial charge in [0.1, 0.15) is 16.5 Å². The van der Waals surface area contributed by atoms with Crippen molar-refractivity contribution in [1.82, 2.24) is 9.97 Å². The van der Waals surface area contributed by atoms with Gasteiger partial charge in [-0.25, -0.2) is 9.97 Å². The average molecular weight is 235 g/mol. The summed E-state index contributed by atoms with van der Waals surface area (Å²) < 4.78 is 0. The van der Waals surface area contributed by atoms with Crippen molar-refractivity contribution >= 4 is 27.4 Å². The molecule has 0 aliphatic carbocycles. The van der Waals surface area contributed by atoms with Crippen molar-refractivity contribution in [3.8, 4) is 0 Å². The Bertz CT molecular complexity index is 516.